The minimum absolute atomic E-state index is 0. The summed E-state index contributed by atoms with van der Waals surface area (Å²) in [6.45, 7) is 6.65. The van der Waals surface area contributed by atoms with Crippen molar-refractivity contribution in [3.05, 3.63) is 60.1 Å². The molecule has 2 N–H and O–H groups in total. The second-order valence-electron chi connectivity index (χ2n) is 6.34. The first-order chi connectivity index (χ1) is 12.4. The molecule has 0 radical (unpaired) electrons. The fraction of sp³-hybridized carbons (Fsp3) is 0.450. The van der Waals surface area contributed by atoms with Gasteiger partial charge in [-0.3, -0.25) is 4.90 Å². The van der Waals surface area contributed by atoms with E-state index in [1.807, 2.05) is 24.3 Å². The van der Waals surface area contributed by atoms with E-state index in [-0.39, 0.29) is 30.0 Å². The van der Waals surface area contributed by atoms with Crippen LogP contribution in [0.5, 0.6) is 0 Å². The Kier molecular flexibility index (Phi) is 8.97. The van der Waals surface area contributed by atoms with Gasteiger partial charge in [0.25, 0.3) is 0 Å². The van der Waals surface area contributed by atoms with E-state index in [9.17, 15) is 0 Å². The molecule has 0 bridgehead atoms. The van der Waals surface area contributed by atoms with Crippen LogP contribution in [0.25, 0.3) is 0 Å². The van der Waals surface area contributed by atoms with Gasteiger partial charge in [-0.05, 0) is 50.6 Å². The number of nitrogens with one attached hydrogen (secondary N) is 2. The zero-order valence-corrected chi connectivity index (χ0v) is 17.7. The largest absolute Gasteiger partial charge is 0.468 e. The van der Waals surface area contributed by atoms with E-state index in [0.717, 1.165) is 37.9 Å². The topological polar surface area (TPSA) is 52.8 Å². The minimum Gasteiger partial charge on any atom is -0.468 e. The summed E-state index contributed by atoms with van der Waals surface area (Å²) in [5.74, 6) is 1.87. The van der Waals surface area contributed by atoms with Crippen LogP contribution < -0.4 is 10.6 Å². The molecular formula is C20H29IN4O. The van der Waals surface area contributed by atoms with Gasteiger partial charge < -0.3 is 15.1 Å². The number of furan rings is 1. The Morgan fingerprint density at radius 3 is 2.54 bits per heavy atom. The second kappa shape index (κ2) is 11.2. The van der Waals surface area contributed by atoms with Crippen LogP contribution in [0.2, 0.25) is 0 Å². The van der Waals surface area contributed by atoms with Crippen LogP contribution in [0.15, 0.2) is 58.1 Å². The Bertz CT molecular complexity index is 639. The molecule has 1 aromatic heterocycles. The lowest BCUT2D eigenvalue weighted by atomic mass is 10.2. The minimum atomic E-state index is 0. The Morgan fingerprint density at radius 1 is 1.12 bits per heavy atom. The summed E-state index contributed by atoms with van der Waals surface area (Å²) < 4.78 is 5.69. The van der Waals surface area contributed by atoms with E-state index in [4.69, 9.17) is 9.41 Å². The molecule has 0 aliphatic carbocycles. The molecule has 1 aliphatic heterocycles. The molecule has 1 aliphatic rings. The van der Waals surface area contributed by atoms with Crippen molar-refractivity contribution in [1.82, 2.24) is 15.5 Å². The van der Waals surface area contributed by atoms with Crippen molar-refractivity contribution in [2.75, 3.05) is 26.2 Å². The summed E-state index contributed by atoms with van der Waals surface area (Å²) in [6.07, 6.45) is 4.28. The average Bonchev–Trinajstić information content (AvgIpc) is 3.35. The first-order valence-corrected chi connectivity index (χ1v) is 9.20. The molecule has 1 aromatic carbocycles. The van der Waals surface area contributed by atoms with Crippen LogP contribution in [0.1, 0.15) is 37.1 Å². The SMILES string of the molecule is CCNC(=NCc1ccccc1)NCC(c1ccco1)N1CCCC1.I. The van der Waals surface area contributed by atoms with Crippen molar-refractivity contribution in [2.45, 2.75) is 32.4 Å². The van der Waals surface area contributed by atoms with Crippen LogP contribution in [-0.4, -0.2) is 37.0 Å². The monoisotopic (exact) mass is 468 g/mol. The summed E-state index contributed by atoms with van der Waals surface area (Å²) in [5, 5.41) is 6.83. The third-order valence-electron chi connectivity index (χ3n) is 4.52. The highest BCUT2D eigenvalue weighted by molar-refractivity contribution is 14.0. The molecule has 2 heterocycles. The lowest BCUT2D eigenvalue weighted by molar-refractivity contribution is 0.215. The first-order valence-electron chi connectivity index (χ1n) is 9.20. The van der Waals surface area contributed by atoms with E-state index in [0.29, 0.717) is 6.54 Å². The molecule has 1 fully saturated rings. The maximum atomic E-state index is 5.69. The van der Waals surface area contributed by atoms with E-state index in [2.05, 4.69) is 40.7 Å². The molecule has 6 heteroatoms. The number of likely N-dealkylation sites (tertiary alicyclic amines) is 1. The molecule has 1 atom stereocenters. The lowest BCUT2D eigenvalue weighted by Gasteiger charge is -2.26. The fourth-order valence-electron chi connectivity index (χ4n) is 3.23. The first kappa shape index (κ1) is 20.8. The van der Waals surface area contributed by atoms with E-state index >= 15 is 0 Å². The van der Waals surface area contributed by atoms with Gasteiger partial charge in [-0.2, -0.15) is 0 Å². The molecule has 0 amide bonds. The highest BCUT2D eigenvalue weighted by Crippen LogP contribution is 2.24. The van der Waals surface area contributed by atoms with Crippen LogP contribution in [0.4, 0.5) is 0 Å². The Morgan fingerprint density at radius 2 is 1.88 bits per heavy atom. The molecule has 2 aromatic rings. The number of hydrogen-bond donors (Lipinski definition) is 2. The predicted octanol–water partition coefficient (Wildman–Crippen LogP) is 3.79. The van der Waals surface area contributed by atoms with Crippen LogP contribution >= 0.6 is 24.0 Å². The molecule has 1 unspecified atom stereocenters. The summed E-state index contributed by atoms with van der Waals surface area (Å²) >= 11 is 0. The normalized spacial score (nSPS) is 16.1. The number of guanidine groups is 1. The van der Waals surface area contributed by atoms with E-state index in [1.54, 1.807) is 6.26 Å². The van der Waals surface area contributed by atoms with Gasteiger partial charge in [0.2, 0.25) is 0 Å². The zero-order valence-electron chi connectivity index (χ0n) is 15.4. The molecular weight excluding hydrogens is 439 g/mol. The van der Waals surface area contributed by atoms with E-state index < -0.39 is 0 Å². The number of nitrogens with zero attached hydrogens (tertiary/aromatic N) is 2. The average molecular weight is 468 g/mol. The van der Waals surface area contributed by atoms with Gasteiger partial charge in [0.1, 0.15) is 5.76 Å². The Labute approximate surface area is 173 Å². The number of rotatable bonds is 7. The van der Waals surface area contributed by atoms with Crippen molar-refractivity contribution >= 4 is 29.9 Å². The number of benzene rings is 1. The Hall–Kier alpha value is -1.54. The summed E-state index contributed by atoms with van der Waals surface area (Å²) in [5.41, 5.74) is 1.21. The second-order valence-corrected chi connectivity index (χ2v) is 6.34. The predicted molar refractivity (Wildman–Crippen MR) is 117 cm³/mol. The van der Waals surface area contributed by atoms with Gasteiger partial charge in [-0.25, -0.2) is 4.99 Å². The maximum Gasteiger partial charge on any atom is 0.191 e. The molecule has 1 saturated heterocycles. The van der Waals surface area contributed by atoms with E-state index in [1.165, 1.54) is 18.4 Å². The van der Waals surface area contributed by atoms with Crippen LogP contribution in [0, 0.1) is 0 Å². The van der Waals surface area contributed by atoms with Gasteiger partial charge >= 0.3 is 0 Å². The summed E-state index contributed by atoms with van der Waals surface area (Å²) in [7, 11) is 0. The van der Waals surface area contributed by atoms with Crippen molar-refractivity contribution in [3.63, 3.8) is 0 Å². The van der Waals surface area contributed by atoms with Gasteiger partial charge in [-0.15, -0.1) is 24.0 Å². The quantitative estimate of drug-likeness (QED) is 0.369. The Balaban J connectivity index is 0.00000243. The smallest absolute Gasteiger partial charge is 0.191 e. The molecule has 0 saturated carbocycles. The third-order valence-corrected chi connectivity index (χ3v) is 4.52. The molecule has 26 heavy (non-hydrogen) atoms. The highest BCUT2D eigenvalue weighted by Gasteiger charge is 2.25. The van der Waals surface area contributed by atoms with Crippen LogP contribution in [0.3, 0.4) is 0 Å². The van der Waals surface area contributed by atoms with Crippen molar-refractivity contribution in [2.24, 2.45) is 4.99 Å². The van der Waals surface area contributed by atoms with Crippen molar-refractivity contribution in [3.8, 4) is 0 Å². The van der Waals surface area contributed by atoms with Crippen LogP contribution in [-0.2, 0) is 6.54 Å². The van der Waals surface area contributed by atoms with Gasteiger partial charge in [0.05, 0.1) is 18.8 Å². The van der Waals surface area contributed by atoms with Gasteiger partial charge in [0, 0.05) is 13.1 Å². The maximum absolute atomic E-state index is 5.69. The molecule has 3 rings (SSSR count). The number of hydrogen-bond acceptors (Lipinski definition) is 3. The van der Waals surface area contributed by atoms with Gasteiger partial charge in [-0.1, -0.05) is 30.3 Å². The standard InChI is InChI=1S/C20H28N4O.HI/c1-2-21-20(22-15-17-9-4-3-5-10-17)23-16-18(19-11-8-14-25-19)24-12-6-7-13-24;/h3-5,8-11,14,18H,2,6-7,12-13,15-16H2,1H3,(H2,21,22,23);1H. The molecule has 5 nitrogen and oxygen atoms in total. The lowest BCUT2D eigenvalue weighted by Crippen LogP contribution is -2.42. The summed E-state index contributed by atoms with van der Waals surface area (Å²) in [6, 6.07) is 14.6. The summed E-state index contributed by atoms with van der Waals surface area (Å²) in [4.78, 5) is 7.20. The molecule has 0 spiro atoms. The third kappa shape index (κ3) is 6.02. The zero-order chi connectivity index (χ0) is 17.3. The van der Waals surface area contributed by atoms with Crippen molar-refractivity contribution in [1.29, 1.82) is 0 Å². The van der Waals surface area contributed by atoms with Gasteiger partial charge in [0.15, 0.2) is 5.96 Å². The number of aliphatic imine (C=N–C) groups is 1. The highest BCUT2D eigenvalue weighted by atomic mass is 127. The molecule has 142 valence electrons. The fourth-order valence-corrected chi connectivity index (χ4v) is 3.23. The van der Waals surface area contributed by atoms with Crippen molar-refractivity contribution < 1.29 is 4.42 Å². The number of halogens is 1.